The lowest BCUT2D eigenvalue weighted by Gasteiger charge is -2.15. The summed E-state index contributed by atoms with van der Waals surface area (Å²) < 4.78 is 126. The van der Waals surface area contributed by atoms with Gasteiger partial charge in [0, 0.05) is 0 Å². The highest BCUT2D eigenvalue weighted by Crippen LogP contribution is 2.37. The van der Waals surface area contributed by atoms with Gasteiger partial charge in [0.15, 0.2) is 11.5 Å². The molecule has 0 spiro atoms. The number of hydrogen-bond acceptors (Lipinski definition) is 8. The van der Waals surface area contributed by atoms with Gasteiger partial charge in [-0.3, -0.25) is 0 Å². The standard InChI is InChI=1S/C11H12BF6NO7S2/c1-12(20)19-5-4-7-2-3-8(25-27(21,22)10(13,14)15)9(6-7)26-28(23,24)11(16,17)18/h2-3,6,19-20H,4-5H2,1H3. The van der Waals surface area contributed by atoms with Crippen molar-refractivity contribution >= 4 is 27.3 Å². The quantitative estimate of drug-likeness (QED) is 0.259. The summed E-state index contributed by atoms with van der Waals surface area (Å²) in [7, 11) is -13.6. The van der Waals surface area contributed by atoms with Crippen LogP contribution in [0.15, 0.2) is 18.2 Å². The van der Waals surface area contributed by atoms with Crippen molar-refractivity contribution in [1.82, 2.24) is 5.23 Å². The van der Waals surface area contributed by atoms with Gasteiger partial charge < -0.3 is 18.6 Å². The minimum atomic E-state index is -6.33. The first-order chi connectivity index (χ1) is 12.5. The van der Waals surface area contributed by atoms with Crippen LogP contribution in [0.4, 0.5) is 26.3 Å². The highest BCUT2D eigenvalue weighted by atomic mass is 32.2. The van der Waals surface area contributed by atoms with E-state index in [2.05, 4.69) is 13.6 Å². The molecule has 1 aromatic carbocycles. The fraction of sp³-hybridized carbons (Fsp3) is 0.455. The van der Waals surface area contributed by atoms with Crippen molar-refractivity contribution in [3.63, 3.8) is 0 Å². The minimum absolute atomic E-state index is 0.0319. The molecule has 1 rings (SSSR count). The largest absolute Gasteiger partial charge is 0.534 e. The van der Waals surface area contributed by atoms with Gasteiger partial charge in [-0.1, -0.05) is 6.07 Å². The molecule has 28 heavy (non-hydrogen) atoms. The zero-order valence-corrected chi connectivity index (χ0v) is 15.3. The first kappa shape index (κ1) is 24.3. The van der Waals surface area contributed by atoms with Crippen LogP contribution in [0.2, 0.25) is 6.82 Å². The second kappa shape index (κ2) is 8.34. The van der Waals surface area contributed by atoms with Crippen LogP contribution in [-0.4, -0.2) is 46.5 Å². The van der Waals surface area contributed by atoms with Crippen LogP contribution >= 0.6 is 0 Å². The van der Waals surface area contributed by atoms with Crippen LogP contribution in [0, 0.1) is 0 Å². The fourth-order valence-corrected chi connectivity index (χ4v) is 2.53. The second-order valence-electron chi connectivity index (χ2n) is 5.13. The van der Waals surface area contributed by atoms with E-state index in [4.69, 9.17) is 5.02 Å². The molecule has 0 aliphatic heterocycles. The lowest BCUT2D eigenvalue weighted by Crippen LogP contribution is -2.32. The molecule has 8 nitrogen and oxygen atoms in total. The molecule has 0 atom stereocenters. The Kier molecular flexibility index (Phi) is 7.24. The van der Waals surface area contributed by atoms with Crippen molar-refractivity contribution in [3.8, 4) is 11.5 Å². The Balaban J connectivity index is 3.31. The van der Waals surface area contributed by atoms with Crippen LogP contribution in [0.25, 0.3) is 0 Å². The van der Waals surface area contributed by atoms with E-state index in [0.717, 1.165) is 6.07 Å². The molecule has 0 heterocycles. The predicted octanol–water partition coefficient (Wildman–Crippen LogP) is 1.39. The molecule has 0 amide bonds. The summed E-state index contributed by atoms with van der Waals surface area (Å²) in [5.41, 5.74) is -11.8. The lowest BCUT2D eigenvalue weighted by atomic mass is 9.89. The van der Waals surface area contributed by atoms with E-state index in [1.165, 1.54) is 6.82 Å². The van der Waals surface area contributed by atoms with Gasteiger partial charge in [-0.15, -0.1) is 0 Å². The SMILES string of the molecule is CB(O)NCCc1ccc(OS(=O)(=O)C(F)(F)F)c(OS(=O)(=O)C(F)(F)F)c1. The smallest absolute Gasteiger partial charge is 0.437 e. The minimum Gasteiger partial charge on any atom is -0.437 e. The van der Waals surface area contributed by atoms with Gasteiger partial charge >= 0.3 is 38.3 Å². The molecule has 0 saturated carbocycles. The van der Waals surface area contributed by atoms with E-state index < -0.39 is 49.8 Å². The van der Waals surface area contributed by atoms with Crippen molar-refractivity contribution in [2.75, 3.05) is 6.54 Å². The molecular weight excluding hydrogens is 447 g/mol. The van der Waals surface area contributed by atoms with E-state index >= 15 is 0 Å². The maximum absolute atomic E-state index is 12.5. The number of alkyl halides is 6. The Morgan fingerprint density at radius 2 is 1.43 bits per heavy atom. The van der Waals surface area contributed by atoms with Gasteiger partial charge in [-0.05, 0) is 37.5 Å². The summed E-state index contributed by atoms with van der Waals surface area (Å²) in [5.74, 6) is -2.84. The van der Waals surface area contributed by atoms with E-state index in [1.54, 1.807) is 0 Å². The van der Waals surface area contributed by atoms with Crippen LogP contribution in [0.3, 0.4) is 0 Å². The molecule has 0 fully saturated rings. The molecule has 0 saturated heterocycles. The molecule has 0 unspecified atom stereocenters. The monoisotopic (exact) mass is 459 g/mol. The Bertz CT molecular complexity index is 899. The van der Waals surface area contributed by atoms with Gasteiger partial charge in [0.05, 0.1) is 0 Å². The fourth-order valence-electron chi connectivity index (χ4n) is 1.60. The van der Waals surface area contributed by atoms with Gasteiger partial charge in [0.2, 0.25) is 0 Å². The molecule has 17 heteroatoms. The average molecular weight is 459 g/mol. The molecule has 0 aliphatic carbocycles. The van der Waals surface area contributed by atoms with E-state index in [1.807, 2.05) is 0 Å². The predicted molar refractivity (Wildman–Crippen MR) is 83.2 cm³/mol. The third-order valence-electron chi connectivity index (χ3n) is 2.83. The van der Waals surface area contributed by atoms with E-state index in [-0.39, 0.29) is 18.5 Å². The summed E-state index contributed by atoms with van der Waals surface area (Å²) in [5, 5.41) is 11.5. The summed E-state index contributed by atoms with van der Waals surface area (Å²) in [6.45, 7) is 1.38. The molecule has 0 aromatic heterocycles. The molecule has 1 aromatic rings. The molecular formula is C11H12BF6NO7S2. The topological polar surface area (TPSA) is 119 Å². The van der Waals surface area contributed by atoms with Gasteiger partial charge in [-0.25, -0.2) is 0 Å². The van der Waals surface area contributed by atoms with Crippen molar-refractivity contribution in [2.24, 2.45) is 0 Å². The first-order valence-corrected chi connectivity index (χ1v) is 9.84. The first-order valence-electron chi connectivity index (χ1n) is 7.02. The van der Waals surface area contributed by atoms with Crippen LogP contribution in [0.5, 0.6) is 11.5 Å². The number of hydrogen-bond donors (Lipinski definition) is 2. The summed E-state index contributed by atoms with van der Waals surface area (Å²) in [6, 6.07) is 2.04. The normalized spacial score (nSPS) is 13.3. The second-order valence-corrected chi connectivity index (χ2v) is 8.20. The third-order valence-corrected chi connectivity index (χ3v) is 4.76. The average Bonchev–Trinajstić information content (AvgIpc) is 2.46. The Hall–Kier alpha value is -1.72. The molecule has 0 aliphatic rings. The highest BCUT2D eigenvalue weighted by Gasteiger charge is 2.51. The Labute approximate surface area is 155 Å². The zero-order chi connectivity index (χ0) is 22.0. The maximum Gasteiger partial charge on any atom is 0.534 e. The third kappa shape index (κ3) is 6.42. The number of nitrogens with one attached hydrogen (secondary N) is 1. The van der Waals surface area contributed by atoms with Gasteiger partial charge in [0.25, 0.3) is 0 Å². The van der Waals surface area contributed by atoms with Crippen molar-refractivity contribution in [3.05, 3.63) is 23.8 Å². The Morgan fingerprint density at radius 3 is 1.86 bits per heavy atom. The summed E-state index contributed by atoms with van der Waals surface area (Å²) >= 11 is 0. The van der Waals surface area contributed by atoms with Gasteiger partial charge in [-0.2, -0.15) is 43.2 Å². The lowest BCUT2D eigenvalue weighted by molar-refractivity contribution is -0.0513. The van der Waals surface area contributed by atoms with E-state index in [9.17, 15) is 43.2 Å². The van der Waals surface area contributed by atoms with Crippen molar-refractivity contribution in [1.29, 1.82) is 0 Å². The van der Waals surface area contributed by atoms with Crippen LogP contribution in [-0.2, 0) is 26.7 Å². The van der Waals surface area contributed by atoms with Crippen molar-refractivity contribution in [2.45, 2.75) is 24.3 Å². The zero-order valence-electron chi connectivity index (χ0n) is 13.7. The highest BCUT2D eigenvalue weighted by molar-refractivity contribution is 7.88. The number of benzene rings is 1. The summed E-state index contributed by atoms with van der Waals surface area (Å²) in [4.78, 5) is 0. The van der Waals surface area contributed by atoms with Gasteiger partial charge in [0.1, 0.15) is 0 Å². The number of rotatable bonds is 8. The van der Waals surface area contributed by atoms with Crippen LogP contribution < -0.4 is 13.6 Å². The Morgan fingerprint density at radius 1 is 0.964 bits per heavy atom. The summed E-state index contributed by atoms with van der Waals surface area (Å²) in [6.07, 6.45) is -0.0420. The van der Waals surface area contributed by atoms with Crippen LogP contribution in [0.1, 0.15) is 5.56 Å². The molecule has 160 valence electrons. The number of halogens is 6. The van der Waals surface area contributed by atoms with Crippen molar-refractivity contribution < 1.29 is 56.6 Å². The molecule has 0 bridgehead atoms. The maximum atomic E-state index is 12.5. The van der Waals surface area contributed by atoms with E-state index in [0.29, 0.717) is 12.1 Å². The molecule has 2 N–H and O–H groups in total. The molecule has 0 radical (unpaired) electrons.